The lowest BCUT2D eigenvalue weighted by atomic mass is 10.1. The van der Waals surface area contributed by atoms with Crippen LogP contribution in [0.3, 0.4) is 0 Å². The fourth-order valence-electron chi connectivity index (χ4n) is 1.91. The van der Waals surface area contributed by atoms with E-state index in [4.69, 9.17) is 4.74 Å². The summed E-state index contributed by atoms with van der Waals surface area (Å²) < 4.78 is 7.29. The van der Waals surface area contributed by atoms with E-state index in [2.05, 4.69) is 45.3 Å². The molecule has 8 heteroatoms. The van der Waals surface area contributed by atoms with Gasteiger partial charge in [0.05, 0.1) is 4.47 Å². The second-order valence-corrected chi connectivity index (χ2v) is 8.25. The molecule has 0 spiro atoms. The Morgan fingerprint density at radius 3 is 2.88 bits per heavy atom. The Bertz CT molecular complexity index is 679. The van der Waals surface area contributed by atoms with Crippen molar-refractivity contribution in [2.45, 2.75) is 37.4 Å². The largest absolute Gasteiger partial charge is 0.483 e. The summed E-state index contributed by atoms with van der Waals surface area (Å²) in [6.07, 6.45) is 3.19. The molecule has 1 heterocycles. The van der Waals surface area contributed by atoms with Crippen LogP contribution in [-0.4, -0.2) is 28.5 Å². The van der Waals surface area contributed by atoms with Crippen LogP contribution >= 0.6 is 39.0 Å². The highest BCUT2D eigenvalue weighted by Crippen LogP contribution is 2.27. The third kappa shape index (κ3) is 6.07. The fourth-order valence-corrected chi connectivity index (χ4v) is 4.15. The normalized spacial score (nSPS) is 10.6. The van der Waals surface area contributed by atoms with Gasteiger partial charge in [-0.1, -0.05) is 49.4 Å². The molecule has 0 saturated heterocycles. The number of aromatic nitrogens is 2. The first-order valence-corrected chi connectivity index (χ1v) is 10.4. The Morgan fingerprint density at radius 1 is 1.33 bits per heavy atom. The number of hydrogen-bond acceptors (Lipinski definition) is 6. The van der Waals surface area contributed by atoms with E-state index in [1.807, 2.05) is 18.2 Å². The van der Waals surface area contributed by atoms with Gasteiger partial charge in [0.15, 0.2) is 10.9 Å². The minimum Gasteiger partial charge on any atom is -0.483 e. The lowest BCUT2D eigenvalue weighted by molar-refractivity contribution is -0.118. The van der Waals surface area contributed by atoms with Gasteiger partial charge in [-0.2, -0.15) is 0 Å². The van der Waals surface area contributed by atoms with E-state index in [1.165, 1.54) is 16.9 Å². The van der Waals surface area contributed by atoms with E-state index >= 15 is 0 Å². The van der Waals surface area contributed by atoms with Crippen LogP contribution in [0.2, 0.25) is 0 Å². The summed E-state index contributed by atoms with van der Waals surface area (Å²) in [5, 5.41) is 11.2. The highest BCUT2D eigenvalue weighted by molar-refractivity contribution is 9.10. The summed E-state index contributed by atoms with van der Waals surface area (Å²) in [5.41, 5.74) is 1.24. The molecule has 1 N–H and O–H groups in total. The first-order valence-electron chi connectivity index (χ1n) is 7.79. The third-order valence-corrected chi connectivity index (χ3v) is 5.77. The van der Waals surface area contributed by atoms with E-state index < -0.39 is 0 Å². The van der Waals surface area contributed by atoms with Crippen molar-refractivity contribution in [3.8, 4) is 5.75 Å². The predicted molar refractivity (Wildman–Crippen MR) is 103 cm³/mol. The van der Waals surface area contributed by atoms with Gasteiger partial charge in [0.2, 0.25) is 5.13 Å². The molecule has 0 saturated carbocycles. The summed E-state index contributed by atoms with van der Waals surface area (Å²) in [4.78, 5) is 12.0. The quantitative estimate of drug-likeness (QED) is 0.459. The molecule has 0 unspecified atom stereocenters. The molecular formula is C16H20BrN3O2S2. The first kappa shape index (κ1) is 19.2. The topological polar surface area (TPSA) is 64.1 Å². The summed E-state index contributed by atoms with van der Waals surface area (Å²) in [6, 6.07) is 5.93. The number of hydrogen-bond donors (Lipinski definition) is 1. The van der Waals surface area contributed by atoms with Gasteiger partial charge in [0.1, 0.15) is 5.75 Å². The maximum atomic E-state index is 12.0. The van der Waals surface area contributed by atoms with Gasteiger partial charge in [-0.05, 0) is 46.5 Å². The standard InChI is InChI=1S/C16H20BrN3O2S2/c1-3-5-11-6-7-13(12(17)9-11)22-10-14(21)18-15-19-20-16(24-15)23-8-4-2/h6-7,9H,3-5,8,10H2,1-2H3,(H,18,19,21). The molecule has 5 nitrogen and oxygen atoms in total. The van der Waals surface area contributed by atoms with Gasteiger partial charge in [0.25, 0.3) is 5.91 Å². The minimum atomic E-state index is -0.247. The summed E-state index contributed by atoms with van der Waals surface area (Å²) >= 11 is 6.50. The second kappa shape index (κ2) is 10.0. The van der Waals surface area contributed by atoms with E-state index in [0.29, 0.717) is 10.9 Å². The average Bonchev–Trinajstić information content (AvgIpc) is 3.00. The minimum absolute atomic E-state index is 0.0667. The molecule has 1 aromatic carbocycles. The highest BCUT2D eigenvalue weighted by Gasteiger charge is 2.10. The molecule has 0 atom stereocenters. The zero-order valence-electron chi connectivity index (χ0n) is 13.7. The van der Waals surface area contributed by atoms with Gasteiger partial charge in [-0.15, -0.1) is 10.2 Å². The van der Waals surface area contributed by atoms with Crippen molar-refractivity contribution in [2.75, 3.05) is 17.7 Å². The van der Waals surface area contributed by atoms with Crippen molar-refractivity contribution in [3.63, 3.8) is 0 Å². The zero-order chi connectivity index (χ0) is 17.4. The number of amides is 1. The number of halogens is 1. The van der Waals surface area contributed by atoms with Crippen molar-refractivity contribution < 1.29 is 9.53 Å². The Hall–Kier alpha value is -1.12. The molecule has 2 aromatic rings. The van der Waals surface area contributed by atoms with E-state index in [0.717, 1.165) is 33.8 Å². The van der Waals surface area contributed by atoms with Crippen LogP contribution in [0.1, 0.15) is 32.3 Å². The summed E-state index contributed by atoms with van der Waals surface area (Å²) in [5.74, 6) is 1.40. The molecule has 1 aromatic heterocycles. The maximum Gasteiger partial charge on any atom is 0.264 e. The van der Waals surface area contributed by atoms with Crippen LogP contribution in [0, 0.1) is 0 Å². The number of nitrogens with zero attached hydrogens (tertiary/aromatic N) is 2. The van der Waals surface area contributed by atoms with Gasteiger partial charge in [-0.3, -0.25) is 10.1 Å². The first-order chi connectivity index (χ1) is 11.6. The number of rotatable bonds is 9. The number of carbonyl (C=O) groups is 1. The van der Waals surface area contributed by atoms with Crippen LogP contribution in [0.4, 0.5) is 5.13 Å². The summed E-state index contributed by atoms with van der Waals surface area (Å²) in [6.45, 7) is 4.19. The fraction of sp³-hybridized carbons (Fsp3) is 0.438. The molecule has 0 fully saturated rings. The Kier molecular flexibility index (Phi) is 8.01. The number of carbonyl (C=O) groups excluding carboxylic acids is 1. The van der Waals surface area contributed by atoms with Crippen LogP contribution in [0.15, 0.2) is 27.0 Å². The van der Waals surface area contributed by atoms with Gasteiger partial charge in [0, 0.05) is 5.75 Å². The number of ether oxygens (including phenoxy) is 1. The molecule has 0 aliphatic carbocycles. The lowest BCUT2D eigenvalue weighted by Gasteiger charge is -2.09. The van der Waals surface area contributed by atoms with E-state index in [9.17, 15) is 4.79 Å². The second-order valence-electron chi connectivity index (χ2n) is 5.07. The molecule has 2 rings (SSSR count). The smallest absolute Gasteiger partial charge is 0.264 e. The van der Waals surface area contributed by atoms with Crippen LogP contribution < -0.4 is 10.1 Å². The van der Waals surface area contributed by atoms with Crippen LogP contribution in [0.5, 0.6) is 5.75 Å². The van der Waals surface area contributed by atoms with E-state index in [-0.39, 0.29) is 12.5 Å². The highest BCUT2D eigenvalue weighted by atomic mass is 79.9. The number of benzene rings is 1. The monoisotopic (exact) mass is 429 g/mol. The van der Waals surface area contributed by atoms with Gasteiger partial charge < -0.3 is 4.74 Å². The Labute approximate surface area is 158 Å². The molecule has 0 radical (unpaired) electrons. The Morgan fingerprint density at radius 2 is 2.17 bits per heavy atom. The van der Waals surface area contributed by atoms with Crippen molar-refractivity contribution in [2.24, 2.45) is 0 Å². The molecule has 24 heavy (non-hydrogen) atoms. The number of aryl methyl sites for hydroxylation is 1. The number of anilines is 1. The predicted octanol–water partition coefficient (Wildman–Crippen LogP) is 4.77. The number of thioether (sulfide) groups is 1. The van der Waals surface area contributed by atoms with Crippen molar-refractivity contribution >= 4 is 50.1 Å². The van der Waals surface area contributed by atoms with E-state index in [1.54, 1.807) is 11.8 Å². The molecule has 0 bridgehead atoms. The SMILES string of the molecule is CCCSc1nnc(NC(=O)COc2ccc(CCC)cc2Br)s1. The number of nitrogens with one attached hydrogen (secondary N) is 1. The van der Waals surface area contributed by atoms with Crippen molar-refractivity contribution in [3.05, 3.63) is 28.2 Å². The molecule has 0 aliphatic rings. The van der Waals surface area contributed by atoms with Crippen LogP contribution in [0.25, 0.3) is 0 Å². The third-order valence-electron chi connectivity index (χ3n) is 2.98. The Balaban J connectivity index is 1.83. The zero-order valence-corrected chi connectivity index (χ0v) is 16.9. The average molecular weight is 430 g/mol. The summed E-state index contributed by atoms with van der Waals surface area (Å²) in [7, 11) is 0. The van der Waals surface area contributed by atoms with Gasteiger partial charge >= 0.3 is 0 Å². The van der Waals surface area contributed by atoms with Crippen molar-refractivity contribution in [1.82, 2.24) is 10.2 Å². The molecule has 130 valence electrons. The molecular weight excluding hydrogens is 410 g/mol. The molecule has 1 amide bonds. The van der Waals surface area contributed by atoms with Crippen LogP contribution in [-0.2, 0) is 11.2 Å². The molecule has 0 aliphatic heterocycles. The lowest BCUT2D eigenvalue weighted by Crippen LogP contribution is -2.20. The van der Waals surface area contributed by atoms with Gasteiger partial charge in [-0.25, -0.2) is 0 Å². The van der Waals surface area contributed by atoms with Crippen molar-refractivity contribution in [1.29, 1.82) is 0 Å². The maximum absolute atomic E-state index is 12.0.